The summed E-state index contributed by atoms with van der Waals surface area (Å²) in [5.41, 5.74) is 1.81. The van der Waals surface area contributed by atoms with E-state index in [1.54, 1.807) is 0 Å². The summed E-state index contributed by atoms with van der Waals surface area (Å²) in [5.74, 6) is -0.190. The molecule has 0 spiro atoms. The minimum atomic E-state index is -0.382. The molecule has 1 fully saturated rings. The van der Waals surface area contributed by atoms with Crippen molar-refractivity contribution in [3.63, 3.8) is 0 Å². The van der Waals surface area contributed by atoms with E-state index in [2.05, 4.69) is 10.6 Å². The highest BCUT2D eigenvalue weighted by Crippen LogP contribution is 2.15. The van der Waals surface area contributed by atoms with E-state index in [1.165, 1.54) is 0 Å². The summed E-state index contributed by atoms with van der Waals surface area (Å²) in [5, 5.41) is 5.46. The molecule has 0 saturated carbocycles. The van der Waals surface area contributed by atoms with Crippen LogP contribution in [-0.2, 0) is 9.59 Å². The van der Waals surface area contributed by atoms with Gasteiger partial charge in [-0.15, -0.1) is 0 Å². The molecule has 1 heterocycles. The van der Waals surface area contributed by atoms with Crippen LogP contribution in [0.1, 0.15) is 18.4 Å². The summed E-state index contributed by atoms with van der Waals surface area (Å²) in [7, 11) is 0. The quantitative estimate of drug-likeness (QED) is 0.784. The zero-order valence-corrected chi connectivity index (χ0v) is 9.12. The molecule has 84 valence electrons. The van der Waals surface area contributed by atoms with Crippen LogP contribution in [0.2, 0.25) is 0 Å². The number of aryl methyl sites for hydroxylation is 1. The number of benzene rings is 1. The third-order valence-corrected chi connectivity index (χ3v) is 2.71. The number of hydrogen-bond donors (Lipinski definition) is 2. The summed E-state index contributed by atoms with van der Waals surface area (Å²) < 4.78 is 0. The Morgan fingerprint density at radius 2 is 2.19 bits per heavy atom. The number of anilines is 1. The minimum absolute atomic E-state index is 0.0510. The highest BCUT2D eigenvalue weighted by molar-refractivity contribution is 5.99. The van der Waals surface area contributed by atoms with Crippen molar-refractivity contribution in [3.8, 4) is 0 Å². The van der Waals surface area contributed by atoms with Gasteiger partial charge in [0.2, 0.25) is 11.8 Å². The highest BCUT2D eigenvalue weighted by Gasteiger charge is 2.27. The Labute approximate surface area is 94.0 Å². The van der Waals surface area contributed by atoms with Crippen LogP contribution in [0.3, 0.4) is 0 Å². The summed E-state index contributed by atoms with van der Waals surface area (Å²) in [6, 6.07) is 7.19. The summed E-state index contributed by atoms with van der Waals surface area (Å²) in [6.07, 6.45) is 1.02. The lowest BCUT2D eigenvalue weighted by atomic mass is 10.1. The van der Waals surface area contributed by atoms with Crippen molar-refractivity contribution in [2.45, 2.75) is 25.8 Å². The van der Waals surface area contributed by atoms with E-state index < -0.39 is 0 Å². The molecule has 0 bridgehead atoms. The SMILES string of the molecule is Cc1ccccc1NC(=O)[C@H]1CCC(=O)N1. The molecule has 4 nitrogen and oxygen atoms in total. The second kappa shape index (κ2) is 4.35. The number of carbonyl (C=O) groups is 2. The zero-order chi connectivity index (χ0) is 11.5. The predicted octanol–water partition coefficient (Wildman–Crippen LogP) is 1.21. The molecule has 2 N–H and O–H groups in total. The maximum Gasteiger partial charge on any atom is 0.246 e. The monoisotopic (exact) mass is 218 g/mol. The lowest BCUT2D eigenvalue weighted by molar-refractivity contribution is -0.122. The second-order valence-electron chi connectivity index (χ2n) is 3.96. The molecule has 1 atom stereocenters. The zero-order valence-electron chi connectivity index (χ0n) is 9.12. The van der Waals surface area contributed by atoms with E-state index in [0.29, 0.717) is 12.8 Å². The van der Waals surface area contributed by atoms with Crippen molar-refractivity contribution in [1.29, 1.82) is 0 Å². The third kappa shape index (κ3) is 2.21. The van der Waals surface area contributed by atoms with Gasteiger partial charge in [0.1, 0.15) is 6.04 Å². The first-order valence-corrected chi connectivity index (χ1v) is 5.32. The second-order valence-corrected chi connectivity index (χ2v) is 3.96. The Balaban J connectivity index is 2.03. The fourth-order valence-corrected chi connectivity index (χ4v) is 1.74. The average molecular weight is 218 g/mol. The van der Waals surface area contributed by atoms with E-state index in [-0.39, 0.29) is 17.9 Å². The summed E-state index contributed by atoms with van der Waals surface area (Å²) in [4.78, 5) is 22.8. The number of rotatable bonds is 2. The van der Waals surface area contributed by atoms with Crippen LogP contribution in [-0.4, -0.2) is 17.9 Å². The molecule has 1 aliphatic heterocycles. The van der Waals surface area contributed by atoms with Crippen molar-refractivity contribution in [3.05, 3.63) is 29.8 Å². The van der Waals surface area contributed by atoms with Crippen LogP contribution >= 0.6 is 0 Å². The van der Waals surface area contributed by atoms with Gasteiger partial charge in [-0.05, 0) is 25.0 Å². The van der Waals surface area contributed by atoms with Crippen molar-refractivity contribution in [2.75, 3.05) is 5.32 Å². The Kier molecular flexibility index (Phi) is 2.90. The van der Waals surface area contributed by atoms with Crippen LogP contribution in [0.4, 0.5) is 5.69 Å². The molecule has 0 unspecified atom stereocenters. The van der Waals surface area contributed by atoms with Crippen molar-refractivity contribution < 1.29 is 9.59 Å². The van der Waals surface area contributed by atoms with Crippen LogP contribution in [0.25, 0.3) is 0 Å². The van der Waals surface area contributed by atoms with E-state index >= 15 is 0 Å². The molecular weight excluding hydrogens is 204 g/mol. The largest absolute Gasteiger partial charge is 0.344 e. The molecule has 1 aromatic carbocycles. The Morgan fingerprint density at radius 3 is 2.81 bits per heavy atom. The first kappa shape index (κ1) is 10.7. The van der Waals surface area contributed by atoms with Gasteiger partial charge in [0, 0.05) is 12.1 Å². The van der Waals surface area contributed by atoms with Crippen LogP contribution in [0.15, 0.2) is 24.3 Å². The van der Waals surface area contributed by atoms with Gasteiger partial charge in [-0.25, -0.2) is 0 Å². The smallest absolute Gasteiger partial charge is 0.246 e. The van der Waals surface area contributed by atoms with Crippen molar-refractivity contribution >= 4 is 17.5 Å². The van der Waals surface area contributed by atoms with Crippen molar-refractivity contribution in [1.82, 2.24) is 5.32 Å². The van der Waals surface area contributed by atoms with Gasteiger partial charge in [0.25, 0.3) is 0 Å². The number of nitrogens with one attached hydrogen (secondary N) is 2. The number of para-hydroxylation sites is 1. The lowest BCUT2D eigenvalue weighted by Gasteiger charge is -2.12. The molecule has 1 saturated heterocycles. The third-order valence-electron chi connectivity index (χ3n) is 2.71. The standard InChI is InChI=1S/C12H14N2O2/c1-8-4-2-3-5-9(8)14-12(16)10-6-7-11(15)13-10/h2-5,10H,6-7H2,1H3,(H,13,15)(H,14,16)/t10-/m1/s1. The van der Waals surface area contributed by atoms with Crippen LogP contribution < -0.4 is 10.6 Å². The fourth-order valence-electron chi connectivity index (χ4n) is 1.74. The Morgan fingerprint density at radius 1 is 1.44 bits per heavy atom. The van der Waals surface area contributed by atoms with E-state index in [4.69, 9.17) is 0 Å². The molecule has 1 aromatic rings. The lowest BCUT2D eigenvalue weighted by Crippen LogP contribution is -2.37. The number of amides is 2. The molecule has 0 aromatic heterocycles. The van der Waals surface area contributed by atoms with Crippen molar-refractivity contribution in [2.24, 2.45) is 0 Å². The Bertz CT molecular complexity index is 429. The predicted molar refractivity (Wildman–Crippen MR) is 61.0 cm³/mol. The number of hydrogen-bond acceptors (Lipinski definition) is 2. The van der Waals surface area contributed by atoms with E-state index in [1.807, 2.05) is 31.2 Å². The maximum atomic E-state index is 11.8. The van der Waals surface area contributed by atoms with Gasteiger partial charge in [0.05, 0.1) is 0 Å². The first-order valence-electron chi connectivity index (χ1n) is 5.32. The maximum absolute atomic E-state index is 11.8. The van der Waals surface area contributed by atoms with Gasteiger partial charge in [-0.1, -0.05) is 18.2 Å². The van der Waals surface area contributed by atoms with Gasteiger partial charge in [-0.2, -0.15) is 0 Å². The highest BCUT2D eigenvalue weighted by atomic mass is 16.2. The molecule has 2 amide bonds. The van der Waals surface area contributed by atoms with Gasteiger partial charge >= 0.3 is 0 Å². The molecule has 2 rings (SSSR count). The van der Waals surface area contributed by atoms with Crippen LogP contribution in [0, 0.1) is 6.92 Å². The molecule has 16 heavy (non-hydrogen) atoms. The fraction of sp³-hybridized carbons (Fsp3) is 0.333. The normalized spacial score (nSPS) is 19.3. The molecule has 0 aliphatic carbocycles. The molecular formula is C12H14N2O2. The number of carbonyl (C=O) groups excluding carboxylic acids is 2. The first-order chi connectivity index (χ1) is 7.66. The van der Waals surface area contributed by atoms with Gasteiger partial charge < -0.3 is 10.6 Å². The minimum Gasteiger partial charge on any atom is -0.344 e. The average Bonchev–Trinajstić information content (AvgIpc) is 2.68. The Hall–Kier alpha value is -1.84. The molecule has 1 aliphatic rings. The van der Waals surface area contributed by atoms with Crippen LogP contribution in [0.5, 0.6) is 0 Å². The molecule has 0 radical (unpaired) electrons. The molecule has 4 heteroatoms. The van der Waals surface area contributed by atoms with E-state index in [9.17, 15) is 9.59 Å². The van der Waals surface area contributed by atoms with Gasteiger partial charge in [0.15, 0.2) is 0 Å². The van der Waals surface area contributed by atoms with E-state index in [0.717, 1.165) is 11.3 Å². The summed E-state index contributed by atoms with van der Waals surface area (Å²) in [6.45, 7) is 1.93. The topological polar surface area (TPSA) is 58.2 Å². The van der Waals surface area contributed by atoms with Gasteiger partial charge in [-0.3, -0.25) is 9.59 Å². The summed E-state index contributed by atoms with van der Waals surface area (Å²) >= 11 is 0.